The summed E-state index contributed by atoms with van der Waals surface area (Å²) >= 11 is 1.58. The largest absolute Gasteiger partial charge is 0.396 e. The van der Waals surface area contributed by atoms with Crippen LogP contribution in [-0.2, 0) is 0 Å². The molecule has 4 rings (SSSR count). The fraction of sp³-hybridized carbons (Fsp3) is 0.368. The van der Waals surface area contributed by atoms with E-state index >= 15 is 0 Å². The molecule has 2 aromatic heterocycles. The molecule has 3 aromatic rings. The standard InChI is InChI=1S/C19H20FN3OS/c20-14-6-4-13(5-7-14)16-11-25-19-17(16)18(21-12-22-19)23-9-2-1-3-15(23)8-10-24/h4-7,11-12,15,24H,1-3,8-10H2. The van der Waals surface area contributed by atoms with Gasteiger partial charge in [-0.3, -0.25) is 0 Å². The smallest absolute Gasteiger partial charge is 0.141 e. The molecule has 4 nitrogen and oxygen atoms in total. The average molecular weight is 357 g/mol. The third-order valence-electron chi connectivity index (χ3n) is 4.87. The Morgan fingerprint density at radius 3 is 2.84 bits per heavy atom. The molecule has 0 bridgehead atoms. The molecular weight excluding hydrogens is 337 g/mol. The average Bonchev–Trinajstić information content (AvgIpc) is 3.07. The van der Waals surface area contributed by atoms with Crippen molar-refractivity contribution in [3.63, 3.8) is 0 Å². The van der Waals surface area contributed by atoms with Crippen molar-refractivity contribution in [2.75, 3.05) is 18.1 Å². The molecule has 1 fully saturated rings. The Labute approximate surface area is 150 Å². The zero-order valence-corrected chi connectivity index (χ0v) is 14.7. The van der Waals surface area contributed by atoms with Crippen molar-refractivity contribution in [3.8, 4) is 11.1 Å². The normalized spacial score (nSPS) is 18.0. The van der Waals surface area contributed by atoms with Gasteiger partial charge in [-0.2, -0.15) is 0 Å². The topological polar surface area (TPSA) is 49.2 Å². The van der Waals surface area contributed by atoms with Crippen LogP contribution in [-0.4, -0.2) is 34.3 Å². The second-order valence-corrected chi connectivity index (χ2v) is 7.25. The Hall–Kier alpha value is -2.05. The third-order valence-corrected chi connectivity index (χ3v) is 5.75. The molecule has 1 aliphatic rings. The molecule has 0 amide bonds. The van der Waals surface area contributed by atoms with Gasteiger partial charge in [0.25, 0.3) is 0 Å². The molecule has 6 heteroatoms. The van der Waals surface area contributed by atoms with Crippen molar-refractivity contribution in [2.45, 2.75) is 31.7 Å². The molecule has 1 saturated heterocycles. The highest BCUT2D eigenvalue weighted by atomic mass is 32.1. The highest BCUT2D eigenvalue weighted by Gasteiger charge is 2.26. The number of nitrogens with zero attached hydrogens (tertiary/aromatic N) is 3. The Kier molecular flexibility index (Phi) is 4.63. The predicted molar refractivity (Wildman–Crippen MR) is 99.5 cm³/mol. The summed E-state index contributed by atoms with van der Waals surface area (Å²) in [5.74, 6) is 0.697. The number of benzene rings is 1. The molecule has 3 heterocycles. The highest BCUT2D eigenvalue weighted by molar-refractivity contribution is 7.17. The molecule has 0 spiro atoms. The van der Waals surface area contributed by atoms with Crippen LogP contribution in [0.5, 0.6) is 0 Å². The van der Waals surface area contributed by atoms with E-state index in [0.717, 1.165) is 53.0 Å². The maximum atomic E-state index is 13.3. The summed E-state index contributed by atoms with van der Waals surface area (Å²) in [6.45, 7) is 1.12. The molecule has 130 valence electrons. The number of thiophene rings is 1. The first-order chi connectivity index (χ1) is 12.3. The lowest BCUT2D eigenvalue weighted by Gasteiger charge is -2.37. The van der Waals surface area contributed by atoms with E-state index in [0.29, 0.717) is 6.04 Å². The number of hydrogen-bond acceptors (Lipinski definition) is 5. The van der Waals surface area contributed by atoms with Crippen LogP contribution in [0, 0.1) is 5.82 Å². The Morgan fingerprint density at radius 2 is 2.04 bits per heavy atom. The van der Waals surface area contributed by atoms with Gasteiger partial charge in [0, 0.05) is 30.1 Å². The van der Waals surface area contributed by atoms with Gasteiger partial charge in [-0.05, 0) is 43.4 Å². The first kappa shape index (κ1) is 16.4. The SMILES string of the molecule is OCCC1CCCCN1c1ncnc2scc(-c3ccc(F)cc3)c12. The van der Waals surface area contributed by atoms with Gasteiger partial charge in [-0.25, -0.2) is 14.4 Å². The Bertz CT molecular complexity index is 863. The van der Waals surface area contributed by atoms with Crippen molar-refractivity contribution >= 4 is 27.4 Å². The zero-order chi connectivity index (χ0) is 17.2. The quantitative estimate of drug-likeness (QED) is 0.759. The van der Waals surface area contributed by atoms with Crippen LogP contribution in [0.3, 0.4) is 0 Å². The first-order valence-electron chi connectivity index (χ1n) is 8.63. The van der Waals surface area contributed by atoms with Gasteiger partial charge in [-0.15, -0.1) is 11.3 Å². The van der Waals surface area contributed by atoms with Crippen LogP contribution in [0.25, 0.3) is 21.3 Å². The molecular formula is C19H20FN3OS. The number of hydrogen-bond donors (Lipinski definition) is 1. The monoisotopic (exact) mass is 357 g/mol. The fourth-order valence-electron chi connectivity index (χ4n) is 3.65. The lowest BCUT2D eigenvalue weighted by Crippen LogP contribution is -2.40. The second-order valence-electron chi connectivity index (χ2n) is 6.39. The van der Waals surface area contributed by atoms with Gasteiger partial charge in [0.15, 0.2) is 0 Å². The lowest BCUT2D eigenvalue weighted by molar-refractivity contribution is 0.262. The summed E-state index contributed by atoms with van der Waals surface area (Å²) in [4.78, 5) is 12.3. The maximum Gasteiger partial charge on any atom is 0.141 e. The number of fused-ring (bicyclic) bond motifs is 1. The van der Waals surface area contributed by atoms with Crippen molar-refractivity contribution in [1.82, 2.24) is 9.97 Å². The summed E-state index contributed by atoms with van der Waals surface area (Å²) in [5, 5.41) is 12.5. The number of anilines is 1. The zero-order valence-electron chi connectivity index (χ0n) is 13.9. The van der Waals surface area contributed by atoms with E-state index < -0.39 is 0 Å². The van der Waals surface area contributed by atoms with Crippen LogP contribution < -0.4 is 4.90 Å². The molecule has 1 atom stereocenters. The molecule has 1 N–H and O–H groups in total. The van der Waals surface area contributed by atoms with Crippen molar-refractivity contribution < 1.29 is 9.50 Å². The van der Waals surface area contributed by atoms with Crippen LogP contribution >= 0.6 is 11.3 Å². The summed E-state index contributed by atoms with van der Waals surface area (Å²) in [5.41, 5.74) is 2.02. The van der Waals surface area contributed by atoms with Crippen molar-refractivity contribution in [3.05, 3.63) is 41.8 Å². The van der Waals surface area contributed by atoms with Crippen LogP contribution in [0.4, 0.5) is 10.2 Å². The molecule has 0 radical (unpaired) electrons. The fourth-order valence-corrected chi connectivity index (χ4v) is 4.56. The molecule has 0 aliphatic carbocycles. The molecule has 25 heavy (non-hydrogen) atoms. The van der Waals surface area contributed by atoms with Crippen molar-refractivity contribution in [2.24, 2.45) is 0 Å². The number of halogens is 1. The number of rotatable bonds is 4. The minimum absolute atomic E-state index is 0.184. The van der Waals surface area contributed by atoms with E-state index in [4.69, 9.17) is 0 Å². The van der Waals surface area contributed by atoms with E-state index in [-0.39, 0.29) is 12.4 Å². The third kappa shape index (κ3) is 3.12. The van der Waals surface area contributed by atoms with Gasteiger partial charge < -0.3 is 10.0 Å². The van der Waals surface area contributed by atoms with E-state index in [1.165, 1.54) is 18.6 Å². The number of aliphatic hydroxyl groups excluding tert-OH is 1. The number of piperidine rings is 1. The van der Waals surface area contributed by atoms with E-state index in [2.05, 4.69) is 20.2 Å². The van der Waals surface area contributed by atoms with Gasteiger partial charge in [0.2, 0.25) is 0 Å². The van der Waals surface area contributed by atoms with Crippen molar-refractivity contribution in [1.29, 1.82) is 0 Å². The minimum Gasteiger partial charge on any atom is -0.396 e. The molecule has 1 aromatic carbocycles. The summed E-state index contributed by atoms with van der Waals surface area (Å²) < 4.78 is 13.3. The summed E-state index contributed by atoms with van der Waals surface area (Å²) in [6.07, 6.45) is 5.75. The number of aromatic nitrogens is 2. The van der Waals surface area contributed by atoms with E-state index in [9.17, 15) is 9.50 Å². The Morgan fingerprint density at radius 1 is 1.20 bits per heavy atom. The Balaban J connectivity index is 1.83. The summed E-state index contributed by atoms with van der Waals surface area (Å²) in [7, 11) is 0. The molecule has 1 aliphatic heterocycles. The van der Waals surface area contributed by atoms with Crippen LogP contribution in [0.1, 0.15) is 25.7 Å². The van der Waals surface area contributed by atoms with Crippen LogP contribution in [0.2, 0.25) is 0 Å². The van der Waals surface area contributed by atoms with Gasteiger partial charge in [0.05, 0.1) is 5.39 Å². The second kappa shape index (κ2) is 7.06. The van der Waals surface area contributed by atoms with E-state index in [1.54, 1.807) is 29.8 Å². The van der Waals surface area contributed by atoms with Gasteiger partial charge >= 0.3 is 0 Å². The molecule has 0 saturated carbocycles. The highest BCUT2D eigenvalue weighted by Crippen LogP contribution is 2.39. The van der Waals surface area contributed by atoms with Gasteiger partial charge in [0.1, 0.15) is 22.8 Å². The predicted octanol–water partition coefficient (Wildman–Crippen LogP) is 4.24. The maximum absolute atomic E-state index is 13.3. The lowest BCUT2D eigenvalue weighted by atomic mass is 9.98. The number of aliphatic hydroxyl groups is 1. The first-order valence-corrected chi connectivity index (χ1v) is 9.51. The minimum atomic E-state index is -0.237. The van der Waals surface area contributed by atoms with Crippen LogP contribution in [0.15, 0.2) is 36.0 Å². The van der Waals surface area contributed by atoms with E-state index in [1.807, 2.05) is 0 Å². The van der Waals surface area contributed by atoms with Gasteiger partial charge in [-0.1, -0.05) is 12.1 Å². The summed E-state index contributed by atoms with van der Waals surface area (Å²) in [6, 6.07) is 6.87. The molecule has 1 unspecified atom stereocenters.